The van der Waals surface area contributed by atoms with Crippen LogP contribution in [0.5, 0.6) is 0 Å². The second-order valence-corrected chi connectivity index (χ2v) is 7.08. The molecule has 2 rings (SSSR count). The molecule has 0 aromatic carbocycles. The molecule has 0 saturated heterocycles. The van der Waals surface area contributed by atoms with E-state index < -0.39 is 0 Å². The number of carbonyl (C=O) groups excluding carboxylic acids is 1. The third kappa shape index (κ3) is 4.23. The van der Waals surface area contributed by atoms with Crippen LogP contribution >= 0.6 is 23.1 Å². The van der Waals surface area contributed by atoms with Gasteiger partial charge in [0.15, 0.2) is 5.16 Å². The zero-order chi connectivity index (χ0) is 16.8. The standard InChI is InChI=1S/C16H21N3O2S2/c1-4-7-17-13(20)10-22-16-18-14-12(9-11(6-3)23-14)15(21)19(16)8-5-2/h5,9H,2,4,6-8,10H2,1,3H3,(H,17,20). The Morgan fingerprint density at radius 1 is 1.52 bits per heavy atom. The van der Waals surface area contributed by atoms with Crippen molar-refractivity contribution in [3.8, 4) is 0 Å². The first-order valence-corrected chi connectivity index (χ1v) is 9.44. The second kappa shape index (κ2) is 8.31. The Balaban J connectivity index is 2.33. The van der Waals surface area contributed by atoms with Crippen molar-refractivity contribution < 1.29 is 4.79 Å². The number of amides is 1. The topological polar surface area (TPSA) is 64.0 Å². The van der Waals surface area contributed by atoms with Crippen LogP contribution in [-0.4, -0.2) is 27.8 Å². The van der Waals surface area contributed by atoms with Gasteiger partial charge in [0, 0.05) is 18.0 Å². The Morgan fingerprint density at radius 3 is 2.96 bits per heavy atom. The molecule has 0 spiro atoms. The first-order valence-electron chi connectivity index (χ1n) is 7.64. The quantitative estimate of drug-likeness (QED) is 0.451. The highest BCUT2D eigenvalue weighted by Gasteiger charge is 2.14. The summed E-state index contributed by atoms with van der Waals surface area (Å²) in [6, 6.07) is 1.91. The van der Waals surface area contributed by atoms with E-state index in [2.05, 4.69) is 23.8 Å². The van der Waals surface area contributed by atoms with E-state index in [4.69, 9.17) is 0 Å². The molecule has 2 aromatic heterocycles. The lowest BCUT2D eigenvalue weighted by Crippen LogP contribution is -2.27. The number of rotatable bonds is 8. The van der Waals surface area contributed by atoms with Crippen molar-refractivity contribution in [3.63, 3.8) is 0 Å². The summed E-state index contributed by atoms with van der Waals surface area (Å²) in [5.41, 5.74) is -0.0673. The van der Waals surface area contributed by atoms with E-state index in [1.165, 1.54) is 23.1 Å². The summed E-state index contributed by atoms with van der Waals surface area (Å²) in [7, 11) is 0. The van der Waals surface area contributed by atoms with Crippen LogP contribution in [0, 0.1) is 0 Å². The van der Waals surface area contributed by atoms with E-state index in [0.29, 0.717) is 23.6 Å². The minimum Gasteiger partial charge on any atom is -0.355 e. The Morgan fingerprint density at radius 2 is 2.30 bits per heavy atom. The Kier molecular flexibility index (Phi) is 6.41. The summed E-state index contributed by atoms with van der Waals surface area (Å²) in [5, 5.41) is 4.04. The molecule has 2 aromatic rings. The number of thioether (sulfide) groups is 1. The first kappa shape index (κ1) is 17.7. The van der Waals surface area contributed by atoms with E-state index in [0.717, 1.165) is 22.5 Å². The van der Waals surface area contributed by atoms with Gasteiger partial charge in [-0.3, -0.25) is 14.2 Å². The zero-order valence-corrected chi connectivity index (χ0v) is 15.1. The van der Waals surface area contributed by atoms with Crippen LogP contribution in [0.2, 0.25) is 0 Å². The Hall–Kier alpha value is -1.60. The lowest BCUT2D eigenvalue weighted by molar-refractivity contribution is -0.118. The molecule has 124 valence electrons. The molecule has 0 atom stereocenters. The van der Waals surface area contributed by atoms with Gasteiger partial charge in [0.2, 0.25) is 5.91 Å². The van der Waals surface area contributed by atoms with Crippen molar-refractivity contribution in [2.45, 2.75) is 38.4 Å². The molecule has 0 radical (unpaired) electrons. The second-order valence-electron chi connectivity index (χ2n) is 5.02. The van der Waals surface area contributed by atoms with Crippen molar-refractivity contribution in [1.29, 1.82) is 0 Å². The van der Waals surface area contributed by atoms with E-state index in [9.17, 15) is 9.59 Å². The van der Waals surface area contributed by atoms with Crippen LogP contribution in [0.4, 0.5) is 0 Å². The summed E-state index contributed by atoms with van der Waals surface area (Å²) >= 11 is 2.83. The summed E-state index contributed by atoms with van der Waals surface area (Å²) in [5.74, 6) is 0.206. The van der Waals surface area contributed by atoms with Crippen molar-refractivity contribution in [2.24, 2.45) is 0 Å². The summed E-state index contributed by atoms with van der Waals surface area (Å²) in [4.78, 5) is 30.9. The first-order chi connectivity index (χ1) is 11.1. The maximum Gasteiger partial charge on any atom is 0.263 e. The molecular weight excluding hydrogens is 330 g/mol. The highest BCUT2D eigenvalue weighted by atomic mass is 32.2. The summed E-state index contributed by atoms with van der Waals surface area (Å²) < 4.78 is 1.58. The molecule has 0 aliphatic rings. The number of allylic oxidation sites excluding steroid dienone is 1. The number of nitrogens with zero attached hydrogens (tertiary/aromatic N) is 2. The van der Waals surface area contributed by atoms with Crippen LogP contribution in [0.25, 0.3) is 10.2 Å². The lowest BCUT2D eigenvalue weighted by atomic mass is 10.3. The number of hydrogen-bond donors (Lipinski definition) is 1. The fourth-order valence-electron chi connectivity index (χ4n) is 2.07. The highest BCUT2D eigenvalue weighted by Crippen LogP contribution is 2.25. The number of carbonyl (C=O) groups is 1. The van der Waals surface area contributed by atoms with Crippen LogP contribution in [0.3, 0.4) is 0 Å². The Labute approximate surface area is 143 Å². The van der Waals surface area contributed by atoms with E-state index in [1.54, 1.807) is 10.6 Å². The molecule has 7 heteroatoms. The maximum absolute atomic E-state index is 12.7. The maximum atomic E-state index is 12.7. The van der Waals surface area contributed by atoms with Crippen LogP contribution in [0.1, 0.15) is 25.1 Å². The minimum atomic E-state index is -0.0673. The van der Waals surface area contributed by atoms with Gasteiger partial charge < -0.3 is 5.32 Å². The highest BCUT2D eigenvalue weighted by molar-refractivity contribution is 7.99. The molecule has 5 nitrogen and oxygen atoms in total. The fourth-order valence-corrected chi connectivity index (χ4v) is 3.91. The van der Waals surface area contributed by atoms with E-state index in [1.807, 2.05) is 13.0 Å². The third-order valence-electron chi connectivity index (χ3n) is 3.23. The van der Waals surface area contributed by atoms with Crippen molar-refractivity contribution in [2.75, 3.05) is 12.3 Å². The third-order valence-corrected chi connectivity index (χ3v) is 5.38. The van der Waals surface area contributed by atoms with Crippen LogP contribution in [-0.2, 0) is 17.8 Å². The van der Waals surface area contributed by atoms with Crippen molar-refractivity contribution in [3.05, 3.63) is 34.0 Å². The van der Waals surface area contributed by atoms with Gasteiger partial charge in [-0.2, -0.15) is 0 Å². The predicted molar refractivity (Wildman–Crippen MR) is 97.5 cm³/mol. The molecule has 1 amide bonds. The average molecular weight is 351 g/mol. The van der Waals surface area contributed by atoms with Crippen LogP contribution < -0.4 is 10.9 Å². The van der Waals surface area contributed by atoms with Crippen molar-refractivity contribution >= 4 is 39.2 Å². The largest absolute Gasteiger partial charge is 0.355 e. The van der Waals surface area contributed by atoms with Crippen molar-refractivity contribution in [1.82, 2.24) is 14.9 Å². The molecule has 2 heterocycles. The molecule has 0 saturated carbocycles. The predicted octanol–water partition coefficient (Wildman–Crippen LogP) is 2.82. The van der Waals surface area contributed by atoms with Gasteiger partial charge in [0.25, 0.3) is 5.56 Å². The molecule has 0 unspecified atom stereocenters. The molecule has 0 fully saturated rings. The number of aryl methyl sites for hydroxylation is 1. The van der Waals surface area contributed by atoms with Gasteiger partial charge in [-0.1, -0.05) is 31.7 Å². The Bertz CT molecular complexity index is 765. The van der Waals surface area contributed by atoms with Gasteiger partial charge in [0.05, 0.1) is 11.1 Å². The van der Waals surface area contributed by atoms with Gasteiger partial charge in [-0.05, 0) is 18.9 Å². The number of aromatic nitrogens is 2. The summed E-state index contributed by atoms with van der Waals surface area (Å²) in [6.45, 7) is 8.81. The molecule has 0 bridgehead atoms. The number of fused-ring (bicyclic) bond motifs is 1. The monoisotopic (exact) mass is 351 g/mol. The number of nitrogens with one attached hydrogen (secondary N) is 1. The number of thiophene rings is 1. The normalized spacial score (nSPS) is 10.9. The van der Waals surface area contributed by atoms with Gasteiger partial charge in [-0.15, -0.1) is 17.9 Å². The smallest absolute Gasteiger partial charge is 0.263 e. The van der Waals surface area contributed by atoms with E-state index >= 15 is 0 Å². The SMILES string of the molecule is C=CCn1c(SCC(=O)NCCC)nc2sc(CC)cc2c1=O. The summed E-state index contributed by atoms with van der Waals surface area (Å²) in [6.07, 6.45) is 3.45. The lowest BCUT2D eigenvalue weighted by Gasteiger charge is -2.09. The van der Waals surface area contributed by atoms with Gasteiger partial charge in [-0.25, -0.2) is 4.98 Å². The van der Waals surface area contributed by atoms with Gasteiger partial charge >= 0.3 is 0 Å². The molecule has 0 aliphatic carbocycles. The average Bonchev–Trinajstić information content (AvgIpc) is 2.97. The van der Waals surface area contributed by atoms with Crippen LogP contribution in [0.15, 0.2) is 28.7 Å². The number of hydrogen-bond acceptors (Lipinski definition) is 5. The fraction of sp³-hybridized carbons (Fsp3) is 0.438. The molecule has 0 aliphatic heterocycles. The minimum absolute atomic E-state index is 0.0447. The van der Waals surface area contributed by atoms with E-state index in [-0.39, 0.29) is 17.2 Å². The molecule has 1 N–H and O–H groups in total. The van der Waals surface area contributed by atoms with Gasteiger partial charge in [0.1, 0.15) is 4.83 Å². The molecule has 23 heavy (non-hydrogen) atoms. The zero-order valence-electron chi connectivity index (χ0n) is 13.4. The molecular formula is C16H21N3O2S2.